The first-order valence-electron chi connectivity index (χ1n) is 9.42. The third kappa shape index (κ3) is 6.18. The maximum atomic E-state index is 12.2. The molecule has 0 bridgehead atoms. The Labute approximate surface area is 183 Å². The van der Waals surface area contributed by atoms with Crippen LogP contribution in [0.4, 0.5) is 11.4 Å². The van der Waals surface area contributed by atoms with E-state index in [2.05, 4.69) is 17.2 Å². The Hall–Kier alpha value is -4.64. The number of methoxy groups -OCH3 is 1. The Morgan fingerprint density at radius 2 is 1.62 bits per heavy atom. The van der Waals surface area contributed by atoms with Crippen LogP contribution in [0.25, 0.3) is 0 Å². The Kier molecular flexibility index (Phi) is 7.17. The zero-order chi connectivity index (χ0) is 22.9. The lowest BCUT2D eigenvalue weighted by molar-refractivity contribution is -0.384. The number of anilines is 1. The van der Waals surface area contributed by atoms with Crippen LogP contribution in [-0.4, -0.2) is 30.5 Å². The summed E-state index contributed by atoms with van der Waals surface area (Å²) in [5.74, 6) is 5.49. The molecule has 0 aliphatic carbocycles. The minimum Gasteiger partial charge on any atom is -0.484 e. The van der Waals surface area contributed by atoms with Crippen LogP contribution in [0.2, 0.25) is 0 Å². The number of nitro benzene ring substituents is 1. The molecule has 3 aromatic rings. The number of carbonyl (C=O) groups is 2. The number of rotatable bonds is 6. The number of hydrogen-bond donors (Lipinski definition) is 1. The monoisotopic (exact) mass is 430 g/mol. The maximum absolute atomic E-state index is 12.2. The van der Waals surface area contributed by atoms with E-state index < -0.39 is 10.9 Å². The zero-order valence-electron chi connectivity index (χ0n) is 17.0. The summed E-state index contributed by atoms with van der Waals surface area (Å²) in [5, 5.41) is 13.4. The highest BCUT2D eigenvalue weighted by Crippen LogP contribution is 2.17. The molecule has 0 aliphatic rings. The van der Waals surface area contributed by atoms with Gasteiger partial charge in [0.15, 0.2) is 6.61 Å². The molecule has 32 heavy (non-hydrogen) atoms. The molecular formula is C24H18N2O6. The average Bonchev–Trinajstić information content (AvgIpc) is 2.81. The summed E-state index contributed by atoms with van der Waals surface area (Å²) in [5.41, 5.74) is 2.21. The van der Waals surface area contributed by atoms with Gasteiger partial charge in [0.25, 0.3) is 11.6 Å². The van der Waals surface area contributed by atoms with Crippen molar-refractivity contribution in [2.45, 2.75) is 0 Å². The zero-order valence-corrected chi connectivity index (χ0v) is 17.0. The summed E-state index contributed by atoms with van der Waals surface area (Å²) in [6, 6.07) is 19.2. The molecule has 0 heterocycles. The van der Waals surface area contributed by atoms with Crippen molar-refractivity contribution in [3.63, 3.8) is 0 Å². The number of ether oxygens (including phenoxy) is 2. The van der Waals surface area contributed by atoms with Gasteiger partial charge in [-0.05, 0) is 48.5 Å². The Morgan fingerprint density at radius 3 is 2.28 bits per heavy atom. The predicted octanol–water partition coefficient (Wildman–Crippen LogP) is 3.80. The van der Waals surface area contributed by atoms with Gasteiger partial charge in [-0.25, -0.2) is 4.79 Å². The molecule has 1 N–H and O–H groups in total. The number of nitrogens with one attached hydrogen (secondary N) is 1. The standard InChI is InChI=1S/C24H18N2O6/c1-31-24(28)19-6-2-4-17(14-19)8-9-18-5-3-7-20(15-18)25-23(27)16-32-22-12-10-21(11-13-22)26(29)30/h2-7,10-15H,16H2,1H3,(H,25,27). The first kappa shape index (κ1) is 22.1. The third-order valence-electron chi connectivity index (χ3n) is 4.20. The fraction of sp³-hybridized carbons (Fsp3) is 0.0833. The van der Waals surface area contributed by atoms with E-state index in [9.17, 15) is 19.7 Å². The lowest BCUT2D eigenvalue weighted by atomic mass is 10.1. The summed E-state index contributed by atoms with van der Waals surface area (Å²) in [6.45, 7) is -0.256. The molecule has 1 amide bonds. The van der Waals surface area contributed by atoms with Gasteiger partial charge >= 0.3 is 5.97 Å². The molecule has 0 aromatic heterocycles. The minimum atomic E-state index is -0.512. The van der Waals surface area contributed by atoms with Crippen LogP contribution in [0.15, 0.2) is 72.8 Å². The first-order chi connectivity index (χ1) is 15.4. The number of non-ortho nitro benzene ring substituents is 1. The van der Waals surface area contributed by atoms with Crippen molar-refractivity contribution >= 4 is 23.3 Å². The van der Waals surface area contributed by atoms with E-state index in [-0.39, 0.29) is 18.2 Å². The first-order valence-corrected chi connectivity index (χ1v) is 9.42. The van der Waals surface area contributed by atoms with E-state index in [1.165, 1.54) is 31.4 Å². The van der Waals surface area contributed by atoms with Crippen molar-refractivity contribution in [1.82, 2.24) is 0 Å². The molecule has 0 aliphatic heterocycles. The molecule has 160 valence electrons. The fourth-order valence-electron chi connectivity index (χ4n) is 2.67. The molecule has 0 radical (unpaired) electrons. The summed E-state index contributed by atoms with van der Waals surface area (Å²) in [7, 11) is 1.32. The van der Waals surface area contributed by atoms with Gasteiger partial charge in [-0.2, -0.15) is 0 Å². The van der Waals surface area contributed by atoms with E-state index in [0.717, 1.165) is 0 Å². The molecule has 0 unspecified atom stereocenters. The van der Waals surface area contributed by atoms with Crippen LogP contribution < -0.4 is 10.1 Å². The molecule has 0 atom stereocenters. The quantitative estimate of drug-likeness (QED) is 0.276. The highest BCUT2D eigenvalue weighted by molar-refractivity contribution is 5.92. The van der Waals surface area contributed by atoms with Crippen LogP contribution in [0.3, 0.4) is 0 Å². The molecular weight excluding hydrogens is 412 g/mol. The number of nitro groups is 1. The minimum absolute atomic E-state index is 0.0586. The summed E-state index contributed by atoms with van der Waals surface area (Å²) >= 11 is 0. The average molecular weight is 430 g/mol. The van der Waals surface area contributed by atoms with Gasteiger partial charge in [-0.3, -0.25) is 14.9 Å². The van der Waals surface area contributed by atoms with Crippen LogP contribution in [0.5, 0.6) is 5.75 Å². The Balaban J connectivity index is 1.60. The van der Waals surface area contributed by atoms with Gasteiger partial charge < -0.3 is 14.8 Å². The molecule has 8 heteroatoms. The van der Waals surface area contributed by atoms with E-state index in [1.54, 1.807) is 48.5 Å². The van der Waals surface area contributed by atoms with Crippen LogP contribution in [0, 0.1) is 22.0 Å². The highest BCUT2D eigenvalue weighted by atomic mass is 16.6. The van der Waals surface area contributed by atoms with Crippen molar-refractivity contribution in [2.75, 3.05) is 19.0 Å². The van der Waals surface area contributed by atoms with Crippen LogP contribution in [-0.2, 0) is 9.53 Å². The van der Waals surface area contributed by atoms with Crippen molar-refractivity contribution < 1.29 is 24.0 Å². The Morgan fingerprint density at radius 1 is 0.969 bits per heavy atom. The number of hydrogen-bond acceptors (Lipinski definition) is 6. The van der Waals surface area contributed by atoms with E-state index >= 15 is 0 Å². The van der Waals surface area contributed by atoms with Crippen molar-refractivity contribution in [3.05, 3.63) is 99.6 Å². The predicted molar refractivity (Wildman–Crippen MR) is 117 cm³/mol. The van der Waals surface area contributed by atoms with Crippen LogP contribution in [0.1, 0.15) is 21.5 Å². The number of esters is 1. The topological polar surface area (TPSA) is 108 Å². The second-order valence-corrected chi connectivity index (χ2v) is 6.49. The maximum Gasteiger partial charge on any atom is 0.337 e. The molecule has 3 rings (SSSR count). The lowest BCUT2D eigenvalue weighted by Crippen LogP contribution is -2.20. The van der Waals surface area contributed by atoms with Crippen LogP contribution >= 0.6 is 0 Å². The normalized spacial score (nSPS) is 9.78. The fourth-order valence-corrected chi connectivity index (χ4v) is 2.67. The number of carbonyl (C=O) groups excluding carboxylic acids is 2. The SMILES string of the molecule is COC(=O)c1cccc(C#Cc2cccc(NC(=O)COc3ccc([N+](=O)[O-])cc3)c2)c1. The molecule has 0 spiro atoms. The number of nitrogens with zero attached hydrogens (tertiary/aromatic N) is 1. The molecule has 0 saturated heterocycles. The molecule has 3 aromatic carbocycles. The number of amides is 1. The Bertz CT molecular complexity index is 1210. The summed E-state index contributed by atoms with van der Waals surface area (Å²) < 4.78 is 10.1. The summed E-state index contributed by atoms with van der Waals surface area (Å²) in [4.78, 5) is 33.9. The van der Waals surface area contributed by atoms with Crippen molar-refractivity contribution in [2.24, 2.45) is 0 Å². The van der Waals surface area contributed by atoms with Gasteiger partial charge in [0.1, 0.15) is 5.75 Å². The lowest BCUT2D eigenvalue weighted by Gasteiger charge is -2.07. The third-order valence-corrected chi connectivity index (χ3v) is 4.20. The molecule has 8 nitrogen and oxygen atoms in total. The highest BCUT2D eigenvalue weighted by Gasteiger charge is 2.07. The second kappa shape index (κ2) is 10.4. The van der Waals surface area contributed by atoms with Gasteiger partial charge in [-0.1, -0.05) is 24.0 Å². The van der Waals surface area contributed by atoms with E-state index in [4.69, 9.17) is 9.47 Å². The van der Waals surface area contributed by atoms with Crippen molar-refractivity contribution in [3.8, 4) is 17.6 Å². The molecule has 0 fully saturated rings. The molecule has 0 saturated carbocycles. The van der Waals surface area contributed by atoms with E-state index in [0.29, 0.717) is 28.1 Å². The van der Waals surface area contributed by atoms with E-state index in [1.807, 2.05) is 0 Å². The van der Waals surface area contributed by atoms with Crippen molar-refractivity contribution in [1.29, 1.82) is 0 Å². The second-order valence-electron chi connectivity index (χ2n) is 6.49. The van der Waals surface area contributed by atoms with Gasteiger partial charge in [-0.15, -0.1) is 0 Å². The van der Waals surface area contributed by atoms with Gasteiger partial charge in [0.2, 0.25) is 0 Å². The largest absolute Gasteiger partial charge is 0.484 e. The number of benzene rings is 3. The smallest absolute Gasteiger partial charge is 0.337 e. The van der Waals surface area contributed by atoms with Gasteiger partial charge in [0.05, 0.1) is 17.6 Å². The summed E-state index contributed by atoms with van der Waals surface area (Å²) in [6.07, 6.45) is 0. The van der Waals surface area contributed by atoms with Gasteiger partial charge in [0, 0.05) is 28.9 Å².